The summed E-state index contributed by atoms with van der Waals surface area (Å²) in [5.74, 6) is 5.53. The maximum Gasteiger partial charge on any atom is 0.235 e. The summed E-state index contributed by atoms with van der Waals surface area (Å²) < 4.78 is 38.3. The van der Waals surface area contributed by atoms with E-state index >= 15 is 0 Å². The van der Waals surface area contributed by atoms with Gasteiger partial charge in [-0.3, -0.25) is 4.79 Å². The Balaban J connectivity index is 1.72. The van der Waals surface area contributed by atoms with E-state index in [9.17, 15) is 17.6 Å². The average molecular weight is 414 g/mol. The first-order valence-electron chi connectivity index (χ1n) is 8.29. The molecule has 1 aliphatic heterocycles. The number of aromatic nitrogens is 3. The van der Waals surface area contributed by atoms with Gasteiger partial charge < -0.3 is 10.7 Å². The van der Waals surface area contributed by atoms with E-state index in [4.69, 9.17) is 5.84 Å². The number of hydrogen-bond acceptors (Lipinski definition) is 7. The molecule has 1 aliphatic rings. The first-order chi connectivity index (χ1) is 12.7. The Morgan fingerprint density at radius 3 is 2.74 bits per heavy atom. The lowest BCUT2D eigenvalue weighted by molar-refractivity contribution is -0.130. The first kappa shape index (κ1) is 19.6. The molecule has 2 atom stereocenters. The number of rotatable bonds is 5. The smallest absolute Gasteiger partial charge is 0.235 e. The van der Waals surface area contributed by atoms with Crippen molar-refractivity contribution >= 4 is 27.5 Å². The van der Waals surface area contributed by atoms with E-state index in [1.54, 1.807) is 32.2 Å². The highest BCUT2D eigenvalue weighted by molar-refractivity contribution is 8.00. The molecule has 2 heterocycles. The fraction of sp³-hybridized carbons (Fsp3) is 0.438. The minimum atomic E-state index is -3.08. The number of sulfone groups is 1. The zero-order valence-corrected chi connectivity index (χ0v) is 16.5. The second kappa shape index (κ2) is 7.47. The molecule has 1 aromatic carbocycles. The Labute approximate surface area is 160 Å². The van der Waals surface area contributed by atoms with Crippen molar-refractivity contribution in [3.8, 4) is 11.4 Å². The van der Waals surface area contributed by atoms with Crippen LogP contribution < -0.4 is 5.84 Å². The quantitative estimate of drug-likeness (QED) is 0.573. The number of hydrogen-bond donors (Lipinski definition) is 1. The predicted octanol–water partition coefficient (Wildman–Crippen LogP) is 0.924. The van der Waals surface area contributed by atoms with Crippen LogP contribution in [0.25, 0.3) is 11.4 Å². The topological polar surface area (TPSA) is 111 Å². The van der Waals surface area contributed by atoms with Gasteiger partial charge in [0.25, 0.3) is 0 Å². The molecule has 2 aromatic rings. The van der Waals surface area contributed by atoms with Crippen molar-refractivity contribution in [3.63, 3.8) is 0 Å². The van der Waals surface area contributed by atoms with Gasteiger partial charge in [0.2, 0.25) is 11.1 Å². The largest absolute Gasteiger partial charge is 0.341 e. The summed E-state index contributed by atoms with van der Waals surface area (Å²) in [7, 11) is -1.48. The summed E-state index contributed by atoms with van der Waals surface area (Å²) in [6, 6.07) is 5.74. The van der Waals surface area contributed by atoms with Crippen LogP contribution in [-0.2, 0) is 14.6 Å². The SMILES string of the molecule is C[C@H](Sc1nnc(-c2ccccc2F)n1N)C(=O)N(C)[C@H]1CCS(=O)(=O)C1. The maximum atomic E-state index is 13.9. The fourth-order valence-corrected chi connectivity index (χ4v) is 5.59. The molecule has 8 nitrogen and oxygen atoms in total. The van der Waals surface area contributed by atoms with Crippen molar-refractivity contribution in [2.24, 2.45) is 0 Å². The highest BCUT2D eigenvalue weighted by Crippen LogP contribution is 2.27. The molecule has 3 rings (SSSR count). The standard InChI is InChI=1S/C16H20FN5O3S2/c1-10(15(23)21(2)11-7-8-27(24,25)9-11)26-16-20-19-14(22(16)18)12-5-3-4-6-13(12)17/h3-6,10-11H,7-9,18H2,1-2H3/t10-,11-/m0/s1. The number of halogens is 1. The zero-order valence-electron chi connectivity index (χ0n) is 14.9. The third-order valence-electron chi connectivity index (χ3n) is 4.51. The molecule has 2 N–H and O–H groups in total. The van der Waals surface area contributed by atoms with Gasteiger partial charge in [0.1, 0.15) is 5.82 Å². The van der Waals surface area contributed by atoms with Crippen molar-refractivity contribution < 1.29 is 17.6 Å². The summed E-state index contributed by atoms with van der Waals surface area (Å²) in [6.07, 6.45) is 0.437. The first-order valence-corrected chi connectivity index (χ1v) is 11.0. The zero-order chi connectivity index (χ0) is 19.8. The van der Waals surface area contributed by atoms with E-state index in [0.29, 0.717) is 6.42 Å². The number of nitrogens with two attached hydrogens (primary N) is 1. The molecular weight excluding hydrogens is 393 g/mol. The van der Waals surface area contributed by atoms with Gasteiger partial charge in [-0.2, -0.15) is 0 Å². The molecule has 1 fully saturated rings. The minimum absolute atomic E-state index is 0.0167. The number of amides is 1. The third-order valence-corrected chi connectivity index (χ3v) is 7.31. The fourth-order valence-electron chi connectivity index (χ4n) is 2.94. The highest BCUT2D eigenvalue weighted by Gasteiger charge is 2.34. The molecule has 1 amide bonds. The maximum absolute atomic E-state index is 13.9. The summed E-state index contributed by atoms with van der Waals surface area (Å²) in [5.41, 5.74) is 0.214. The van der Waals surface area contributed by atoms with Crippen LogP contribution in [0.15, 0.2) is 29.4 Å². The van der Waals surface area contributed by atoms with Gasteiger partial charge in [0, 0.05) is 13.1 Å². The van der Waals surface area contributed by atoms with Crippen molar-refractivity contribution in [2.75, 3.05) is 24.4 Å². The summed E-state index contributed by atoms with van der Waals surface area (Å²) in [4.78, 5) is 14.1. The number of benzene rings is 1. The number of carbonyl (C=O) groups excluding carboxylic acids is 1. The molecular formula is C16H20FN5O3S2. The van der Waals surface area contributed by atoms with Crippen molar-refractivity contribution in [1.82, 2.24) is 19.8 Å². The lowest BCUT2D eigenvalue weighted by Gasteiger charge is -2.26. The Bertz CT molecular complexity index is 963. The highest BCUT2D eigenvalue weighted by atomic mass is 32.2. The lowest BCUT2D eigenvalue weighted by Crippen LogP contribution is -2.41. The summed E-state index contributed by atoms with van der Waals surface area (Å²) in [5, 5.41) is 7.58. The summed E-state index contributed by atoms with van der Waals surface area (Å²) in [6.45, 7) is 1.68. The molecule has 146 valence electrons. The molecule has 0 aliphatic carbocycles. The van der Waals surface area contributed by atoms with E-state index < -0.39 is 20.9 Å². The van der Waals surface area contributed by atoms with Gasteiger partial charge in [-0.15, -0.1) is 10.2 Å². The number of nitrogens with zero attached hydrogens (tertiary/aromatic N) is 4. The van der Waals surface area contributed by atoms with Crippen LogP contribution in [0.1, 0.15) is 13.3 Å². The van der Waals surface area contributed by atoms with Crippen molar-refractivity contribution in [3.05, 3.63) is 30.1 Å². The van der Waals surface area contributed by atoms with Crippen LogP contribution >= 0.6 is 11.8 Å². The average Bonchev–Trinajstić information content (AvgIpc) is 3.17. The second-order valence-electron chi connectivity index (χ2n) is 6.42. The van der Waals surface area contributed by atoms with Crippen LogP contribution in [0.5, 0.6) is 0 Å². The molecule has 0 spiro atoms. The Morgan fingerprint density at radius 1 is 1.41 bits per heavy atom. The number of nitrogen functional groups attached to an aromatic ring is 1. The predicted molar refractivity (Wildman–Crippen MR) is 101 cm³/mol. The van der Waals surface area contributed by atoms with Gasteiger partial charge in [-0.25, -0.2) is 17.5 Å². The molecule has 0 saturated carbocycles. The number of carbonyl (C=O) groups is 1. The van der Waals surface area contributed by atoms with Gasteiger partial charge in [0.15, 0.2) is 15.7 Å². The molecule has 1 aromatic heterocycles. The van der Waals surface area contributed by atoms with Crippen LogP contribution in [0, 0.1) is 5.82 Å². The molecule has 0 radical (unpaired) electrons. The summed E-state index contributed by atoms with van der Waals surface area (Å²) >= 11 is 1.09. The van der Waals surface area contributed by atoms with E-state index in [1.807, 2.05) is 0 Å². The lowest BCUT2D eigenvalue weighted by atomic mass is 10.2. The van der Waals surface area contributed by atoms with E-state index in [-0.39, 0.29) is 40.0 Å². The van der Waals surface area contributed by atoms with Crippen molar-refractivity contribution in [2.45, 2.75) is 29.8 Å². The van der Waals surface area contributed by atoms with Crippen molar-refractivity contribution in [1.29, 1.82) is 0 Å². The molecule has 1 saturated heterocycles. The molecule has 27 heavy (non-hydrogen) atoms. The molecule has 0 bridgehead atoms. The second-order valence-corrected chi connectivity index (χ2v) is 9.96. The van der Waals surface area contributed by atoms with Gasteiger partial charge >= 0.3 is 0 Å². The van der Waals surface area contributed by atoms with E-state index in [1.165, 1.54) is 11.0 Å². The molecule has 0 unspecified atom stereocenters. The van der Waals surface area contributed by atoms with E-state index in [0.717, 1.165) is 16.4 Å². The molecule has 11 heteroatoms. The van der Waals surface area contributed by atoms with Crippen LogP contribution in [0.3, 0.4) is 0 Å². The van der Waals surface area contributed by atoms with Gasteiger partial charge in [0.05, 0.1) is 22.3 Å². The van der Waals surface area contributed by atoms with E-state index in [2.05, 4.69) is 10.2 Å². The van der Waals surface area contributed by atoms with Crippen LogP contribution in [0.2, 0.25) is 0 Å². The minimum Gasteiger partial charge on any atom is -0.341 e. The number of thioether (sulfide) groups is 1. The Kier molecular flexibility index (Phi) is 5.43. The van der Waals surface area contributed by atoms with Crippen LogP contribution in [0.4, 0.5) is 4.39 Å². The van der Waals surface area contributed by atoms with Gasteiger partial charge in [-0.1, -0.05) is 23.9 Å². The Morgan fingerprint density at radius 2 is 2.11 bits per heavy atom. The van der Waals surface area contributed by atoms with Gasteiger partial charge in [-0.05, 0) is 25.5 Å². The third kappa shape index (κ3) is 4.08. The Hall–Kier alpha value is -2.14. The normalized spacial score (nSPS) is 19.7. The monoisotopic (exact) mass is 413 g/mol. The van der Waals surface area contributed by atoms with Crippen LogP contribution in [-0.4, -0.2) is 63.9 Å².